The molecule has 0 aliphatic carbocycles. The van der Waals surface area contributed by atoms with E-state index in [1.807, 2.05) is 0 Å². The highest BCUT2D eigenvalue weighted by Gasteiger charge is 2.36. The number of aliphatic hydroxyl groups is 4. The first-order valence-corrected chi connectivity index (χ1v) is 6.14. The Morgan fingerprint density at radius 1 is 1.06 bits per heavy atom. The summed E-state index contributed by atoms with van der Waals surface area (Å²) in [6, 6.07) is -0.966. The Hall–Kier alpha value is -0.690. The van der Waals surface area contributed by atoms with Crippen molar-refractivity contribution < 1.29 is 25.2 Å². The summed E-state index contributed by atoms with van der Waals surface area (Å²) in [5.74, 6) is -1.13. The van der Waals surface area contributed by atoms with Gasteiger partial charge in [-0.1, -0.05) is 20.8 Å². The topological polar surface area (TPSA) is 110 Å². The molecule has 0 aliphatic heterocycles. The summed E-state index contributed by atoms with van der Waals surface area (Å²) in [6.07, 6.45) is -3.54. The molecule has 0 aliphatic rings. The second kappa shape index (κ2) is 7.68. The molecular weight excluding hydrogens is 238 g/mol. The maximum absolute atomic E-state index is 11.1. The summed E-state index contributed by atoms with van der Waals surface area (Å²) in [5.41, 5.74) is 0. The minimum Gasteiger partial charge on any atom is -0.396 e. The fourth-order valence-electron chi connectivity index (χ4n) is 1.68. The molecule has 0 radical (unpaired) electrons. The van der Waals surface area contributed by atoms with Gasteiger partial charge in [0.2, 0.25) is 5.91 Å². The summed E-state index contributed by atoms with van der Waals surface area (Å²) in [4.78, 5) is 11.1. The highest BCUT2D eigenvalue weighted by atomic mass is 16.3. The zero-order valence-corrected chi connectivity index (χ0v) is 11.4. The molecular formula is C12H25NO5. The van der Waals surface area contributed by atoms with E-state index in [-0.39, 0.29) is 12.5 Å². The molecule has 0 bridgehead atoms. The van der Waals surface area contributed by atoms with Crippen LogP contribution in [0.5, 0.6) is 0 Å². The van der Waals surface area contributed by atoms with Gasteiger partial charge in [-0.05, 0) is 5.92 Å². The summed E-state index contributed by atoms with van der Waals surface area (Å²) < 4.78 is 0. The van der Waals surface area contributed by atoms with Gasteiger partial charge in [0.15, 0.2) is 0 Å². The molecule has 0 fully saturated rings. The number of carbonyl (C=O) groups excluding carboxylic acids is 1. The second-order valence-corrected chi connectivity index (χ2v) is 5.10. The number of carbonyl (C=O) groups is 1. The molecule has 0 saturated heterocycles. The Morgan fingerprint density at radius 2 is 1.56 bits per heavy atom. The molecule has 6 heteroatoms. The van der Waals surface area contributed by atoms with Gasteiger partial charge in [0, 0.05) is 19.4 Å². The van der Waals surface area contributed by atoms with E-state index in [0.29, 0.717) is 0 Å². The van der Waals surface area contributed by atoms with Crippen LogP contribution in [0.4, 0.5) is 0 Å². The van der Waals surface area contributed by atoms with Crippen molar-refractivity contribution in [3.05, 3.63) is 0 Å². The number of aliphatic hydroxyl groups excluding tert-OH is 4. The Kier molecular flexibility index (Phi) is 7.39. The normalized spacial score (nSPS) is 20.1. The fraction of sp³-hybridized carbons (Fsp3) is 0.917. The maximum Gasteiger partial charge on any atom is 0.217 e. The smallest absolute Gasteiger partial charge is 0.217 e. The van der Waals surface area contributed by atoms with Crippen LogP contribution in [0.2, 0.25) is 0 Å². The predicted octanol–water partition coefficient (Wildman–Crippen LogP) is -1.14. The molecule has 0 spiro atoms. The third kappa shape index (κ3) is 4.89. The molecule has 0 rings (SSSR count). The van der Waals surface area contributed by atoms with E-state index in [9.17, 15) is 20.1 Å². The molecule has 6 nitrogen and oxygen atoms in total. The standard InChI is InChI=1S/C12H25NO5/c1-6(2)10(16)9(13-8(4)15)12(18)11(17)7(3)5-14/h6-7,9-12,14,16-18H,5H2,1-4H3,(H,13,15)/t7?,9?,10-,11+,12-/m0/s1. The van der Waals surface area contributed by atoms with Gasteiger partial charge in [-0.25, -0.2) is 0 Å². The predicted molar refractivity (Wildman–Crippen MR) is 66.7 cm³/mol. The minimum atomic E-state index is -1.34. The first-order valence-electron chi connectivity index (χ1n) is 6.14. The first kappa shape index (κ1) is 17.3. The van der Waals surface area contributed by atoms with Gasteiger partial charge in [0.05, 0.1) is 18.2 Å². The van der Waals surface area contributed by atoms with Crippen LogP contribution in [0, 0.1) is 11.8 Å². The third-order valence-electron chi connectivity index (χ3n) is 3.01. The Labute approximate surface area is 108 Å². The quantitative estimate of drug-likeness (QED) is 0.399. The van der Waals surface area contributed by atoms with Gasteiger partial charge in [-0.15, -0.1) is 0 Å². The van der Waals surface area contributed by atoms with E-state index in [2.05, 4.69) is 5.32 Å². The van der Waals surface area contributed by atoms with Crippen molar-refractivity contribution in [3.8, 4) is 0 Å². The molecule has 0 aromatic carbocycles. The zero-order chi connectivity index (χ0) is 14.5. The number of hydrogen-bond acceptors (Lipinski definition) is 5. The molecule has 1 amide bonds. The summed E-state index contributed by atoms with van der Waals surface area (Å²) in [6.45, 7) is 6.04. The van der Waals surface area contributed by atoms with Crippen molar-refractivity contribution >= 4 is 5.91 Å². The van der Waals surface area contributed by atoms with Gasteiger partial charge in [0.1, 0.15) is 6.10 Å². The van der Waals surface area contributed by atoms with Crippen LogP contribution in [0.3, 0.4) is 0 Å². The highest BCUT2D eigenvalue weighted by molar-refractivity contribution is 5.73. The molecule has 2 unspecified atom stereocenters. The lowest BCUT2D eigenvalue weighted by atomic mass is 9.88. The van der Waals surface area contributed by atoms with Crippen molar-refractivity contribution in [2.75, 3.05) is 6.61 Å². The van der Waals surface area contributed by atoms with Crippen LogP contribution in [-0.4, -0.2) is 57.3 Å². The summed E-state index contributed by atoms with van der Waals surface area (Å²) >= 11 is 0. The summed E-state index contributed by atoms with van der Waals surface area (Å²) in [5, 5.41) is 41.2. The van der Waals surface area contributed by atoms with Gasteiger partial charge in [0.25, 0.3) is 0 Å². The van der Waals surface area contributed by atoms with Crippen molar-refractivity contribution in [2.24, 2.45) is 11.8 Å². The Balaban J connectivity index is 4.89. The lowest BCUT2D eigenvalue weighted by molar-refractivity contribution is -0.125. The van der Waals surface area contributed by atoms with Crippen LogP contribution < -0.4 is 5.32 Å². The lowest BCUT2D eigenvalue weighted by Gasteiger charge is -2.34. The van der Waals surface area contributed by atoms with Gasteiger partial charge >= 0.3 is 0 Å². The van der Waals surface area contributed by atoms with E-state index in [4.69, 9.17) is 5.11 Å². The van der Waals surface area contributed by atoms with E-state index in [0.717, 1.165) is 0 Å². The third-order valence-corrected chi connectivity index (χ3v) is 3.01. The highest BCUT2D eigenvalue weighted by Crippen LogP contribution is 2.16. The number of rotatable bonds is 7. The van der Waals surface area contributed by atoms with Crippen LogP contribution in [0.1, 0.15) is 27.7 Å². The van der Waals surface area contributed by atoms with Gasteiger partial charge < -0.3 is 25.7 Å². The molecule has 0 aromatic rings. The van der Waals surface area contributed by atoms with Gasteiger partial charge in [-0.2, -0.15) is 0 Å². The van der Waals surface area contributed by atoms with Crippen LogP contribution in [-0.2, 0) is 4.79 Å². The SMILES string of the molecule is CC(=O)NC([C@@H](O)C(C)C)[C@H](O)[C@H](O)C(C)CO. The molecule has 5 N–H and O–H groups in total. The van der Waals surface area contributed by atoms with Crippen molar-refractivity contribution in [1.29, 1.82) is 0 Å². The van der Waals surface area contributed by atoms with E-state index >= 15 is 0 Å². The Bertz CT molecular complexity index is 259. The largest absolute Gasteiger partial charge is 0.396 e. The maximum atomic E-state index is 11.1. The van der Waals surface area contributed by atoms with Crippen molar-refractivity contribution in [3.63, 3.8) is 0 Å². The van der Waals surface area contributed by atoms with Crippen LogP contribution in [0.15, 0.2) is 0 Å². The monoisotopic (exact) mass is 263 g/mol. The summed E-state index contributed by atoms with van der Waals surface area (Å²) in [7, 11) is 0. The first-order chi connectivity index (χ1) is 8.22. The van der Waals surface area contributed by atoms with Crippen LogP contribution in [0.25, 0.3) is 0 Å². The number of nitrogens with one attached hydrogen (secondary N) is 1. The van der Waals surface area contributed by atoms with Crippen molar-refractivity contribution in [1.82, 2.24) is 5.32 Å². The second-order valence-electron chi connectivity index (χ2n) is 5.10. The molecule has 0 aromatic heterocycles. The van der Waals surface area contributed by atoms with E-state index in [1.54, 1.807) is 20.8 Å². The van der Waals surface area contributed by atoms with E-state index < -0.39 is 36.2 Å². The average molecular weight is 263 g/mol. The molecule has 0 saturated carbocycles. The molecule has 5 atom stereocenters. The molecule has 108 valence electrons. The average Bonchev–Trinajstić information content (AvgIpc) is 2.31. The Morgan fingerprint density at radius 3 is 1.89 bits per heavy atom. The number of hydrogen-bond donors (Lipinski definition) is 5. The lowest BCUT2D eigenvalue weighted by Crippen LogP contribution is -2.57. The molecule has 18 heavy (non-hydrogen) atoms. The molecule has 0 heterocycles. The minimum absolute atomic E-state index is 0.187. The zero-order valence-electron chi connectivity index (χ0n) is 11.4. The number of amides is 1. The van der Waals surface area contributed by atoms with Gasteiger partial charge in [-0.3, -0.25) is 4.79 Å². The van der Waals surface area contributed by atoms with E-state index in [1.165, 1.54) is 6.92 Å². The fourth-order valence-corrected chi connectivity index (χ4v) is 1.68. The van der Waals surface area contributed by atoms with Crippen molar-refractivity contribution in [2.45, 2.75) is 52.0 Å². The van der Waals surface area contributed by atoms with Crippen LogP contribution >= 0.6 is 0 Å².